The highest BCUT2D eigenvalue weighted by atomic mass is 16.5. The first kappa shape index (κ1) is 21.2. The number of hydrogen-bond donors (Lipinski definition) is 3. The average molecular weight is 384 g/mol. The highest BCUT2D eigenvalue weighted by Gasteiger charge is 2.09. The highest BCUT2D eigenvalue weighted by Crippen LogP contribution is 2.23. The molecule has 0 spiro atoms. The van der Waals surface area contributed by atoms with Gasteiger partial charge in [0.2, 0.25) is 0 Å². The molecule has 150 valence electrons. The standard InChI is InChI=1S/C21H28N4O3/c1-4-28-19-11-6-5-10-18(19)24-21(27)23-15-16-8-7-9-17(14-16)20(26)22-12-13-25(2)3/h5-11,14H,4,12-13,15H2,1-3H3,(H,22,26)(H2,23,24,27). The number of anilines is 1. The summed E-state index contributed by atoms with van der Waals surface area (Å²) < 4.78 is 5.50. The molecule has 0 aromatic heterocycles. The van der Waals surface area contributed by atoms with E-state index in [2.05, 4.69) is 16.0 Å². The minimum Gasteiger partial charge on any atom is -0.492 e. The fourth-order valence-electron chi connectivity index (χ4n) is 2.52. The molecule has 0 heterocycles. The van der Waals surface area contributed by atoms with Gasteiger partial charge in [-0.3, -0.25) is 4.79 Å². The van der Waals surface area contributed by atoms with E-state index in [4.69, 9.17) is 4.74 Å². The number of carbonyl (C=O) groups is 2. The Balaban J connectivity index is 1.89. The lowest BCUT2D eigenvalue weighted by Crippen LogP contribution is -2.31. The number of para-hydroxylation sites is 2. The van der Waals surface area contributed by atoms with Gasteiger partial charge in [0.15, 0.2) is 0 Å². The SMILES string of the molecule is CCOc1ccccc1NC(=O)NCc1cccc(C(=O)NCCN(C)C)c1. The largest absolute Gasteiger partial charge is 0.492 e. The van der Waals surface area contributed by atoms with E-state index in [0.29, 0.717) is 36.7 Å². The maximum Gasteiger partial charge on any atom is 0.319 e. The fourth-order valence-corrected chi connectivity index (χ4v) is 2.52. The second-order valence-electron chi connectivity index (χ2n) is 6.50. The van der Waals surface area contributed by atoms with Crippen molar-refractivity contribution in [3.05, 3.63) is 59.7 Å². The Hall–Kier alpha value is -3.06. The molecule has 0 aliphatic carbocycles. The molecule has 0 atom stereocenters. The molecule has 3 N–H and O–H groups in total. The molecule has 2 rings (SSSR count). The number of urea groups is 1. The van der Waals surface area contributed by atoms with Gasteiger partial charge >= 0.3 is 6.03 Å². The minimum atomic E-state index is -0.340. The van der Waals surface area contributed by atoms with Crippen molar-refractivity contribution in [1.82, 2.24) is 15.5 Å². The Labute approximate surface area is 166 Å². The lowest BCUT2D eigenvalue weighted by Gasteiger charge is -2.13. The van der Waals surface area contributed by atoms with E-state index in [-0.39, 0.29) is 11.9 Å². The van der Waals surface area contributed by atoms with Gasteiger partial charge in [0, 0.05) is 25.2 Å². The third kappa shape index (κ3) is 6.92. The summed E-state index contributed by atoms with van der Waals surface area (Å²) in [6.45, 7) is 4.07. The first-order valence-corrected chi connectivity index (χ1v) is 9.28. The topological polar surface area (TPSA) is 82.7 Å². The zero-order chi connectivity index (χ0) is 20.4. The third-order valence-corrected chi connectivity index (χ3v) is 3.92. The predicted molar refractivity (Wildman–Crippen MR) is 111 cm³/mol. The van der Waals surface area contributed by atoms with Crippen molar-refractivity contribution in [2.75, 3.05) is 39.1 Å². The second-order valence-corrected chi connectivity index (χ2v) is 6.50. The lowest BCUT2D eigenvalue weighted by molar-refractivity contribution is 0.0951. The lowest BCUT2D eigenvalue weighted by atomic mass is 10.1. The van der Waals surface area contributed by atoms with Crippen LogP contribution in [-0.2, 0) is 6.54 Å². The van der Waals surface area contributed by atoms with Gasteiger partial charge in [0.1, 0.15) is 5.75 Å². The van der Waals surface area contributed by atoms with Crippen molar-refractivity contribution in [2.45, 2.75) is 13.5 Å². The fraction of sp³-hybridized carbons (Fsp3) is 0.333. The van der Waals surface area contributed by atoms with Crippen molar-refractivity contribution in [2.24, 2.45) is 0 Å². The smallest absolute Gasteiger partial charge is 0.319 e. The summed E-state index contributed by atoms with van der Waals surface area (Å²) in [5.41, 5.74) is 2.02. The number of likely N-dealkylation sites (N-methyl/N-ethyl adjacent to an activating group) is 1. The van der Waals surface area contributed by atoms with Gasteiger partial charge in [0.25, 0.3) is 5.91 Å². The summed E-state index contributed by atoms with van der Waals surface area (Å²) in [6.07, 6.45) is 0. The summed E-state index contributed by atoms with van der Waals surface area (Å²) in [5.74, 6) is 0.496. The minimum absolute atomic E-state index is 0.126. The maximum absolute atomic E-state index is 12.2. The van der Waals surface area contributed by atoms with Crippen LogP contribution in [0.2, 0.25) is 0 Å². The van der Waals surface area contributed by atoms with Crippen LogP contribution in [0.15, 0.2) is 48.5 Å². The van der Waals surface area contributed by atoms with E-state index in [1.807, 2.05) is 44.1 Å². The molecule has 0 bridgehead atoms. The monoisotopic (exact) mass is 384 g/mol. The number of carbonyl (C=O) groups excluding carboxylic acids is 2. The Morgan fingerprint density at radius 3 is 2.57 bits per heavy atom. The van der Waals surface area contributed by atoms with Crippen molar-refractivity contribution in [1.29, 1.82) is 0 Å². The zero-order valence-corrected chi connectivity index (χ0v) is 16.6. The van der Waals surface area contributed by atoms with Crippen LogP contribution in [-0.4, -0.2) is 50.6 Å². The quantitative estimate of drug-likeness (QED) is 0.621. The van der Waals surface area contributed by atoms with Crippen LogP contribution in [0.25, 0.3) is 0 Å². The Kier molecular flexibility index (Phi) is 8.30. The van der Waals surface area contributed by atoms with Crippen molar-refractivity contribution in [3.63, 3.8) is 0 Å². The molecule has 0 saturated carbocycles. The average Bonchev–Trinajstić information content (AvgIpc) is 2.68. The molecule has 0 fully saturated rings. The first-order valence-electron chi connectivity index (χ1n) is 9.28. The van der Waals surface area contributed by atoms with Crippen LogP contribution in [0.5, 0.6) is 5.75 Å². The van der Waals surface area contributed by atoms with Crippen LogP contribution in [0.1, 0.15) is 22.8 Å². The van der Waals surface area contributed by atoms with E-state index in [1.165, 1.54) is 0 Å². The van der Waals surface area contributed by atoms with Crippen molar-refractivity contribution >= 4 is 17.6 Å². The highest BCUT2D eigenvalue weighted by molar-refractivity contribution is 5.94. The number of nitrogens with zero attached hydrogens (tertiary/aromatic N) is 1. The van der Waals surface area contributed by atoms with Crippen LogP contribution < -0.4 is 20.7 Å². The molecule has 3 amide bonds. The molecule has 0 aliphatic rings. The first-order chi connectivity index (χ1) is 13.5. The van der Waals surface area contributed by atoms with E-state index < -0.39 is 0 Å². The summed E-state index contributed by atoms with van der Waals surface area (Å²) >= 11 is 0. The van der Waals surface area contributed by atoms with Crippen LogP contribution in [0, 0.1) is 0 Å². The molecule has 0 radical (unpaired) electrons. The Bertz CT molecular complexity index is 793. The van der Waals surface area contributed by atoms with Crippen LogP contribution in [0.3, 0.4) is 0 Å². The molecule has 0 aliphatic heterocycles. The summed E-state index contributed by atoms with van der Waals surface area (Å²) in [5, 5.41) is 8.46. The number of benzene rings is 2. The van der Waals surface area contributed by atoms with Crippen molar-refractivity contribution < 1.29 is 14.3 Å². The number of amides is 3. The molecule has 2 aromatic carbocycles. The van der Waals surface area contributed by atoms with E-state index in [9.17, 15) is 9.59 Å². The van der Waals surface area contributed by atoms with Gasteiger partial charge in [-0.15, -0.1) is 0 Å². The van der Waals surface area contributed by atoms with Gasteiger partial charge in [0.05, 0.1) is 12.3 Å². The summed E-state index contributed by atoms with van der Waals surface area (Å²) in [7, 11) is 3.91. The number of nitrogens with one attached hydrogen (secondary N) is 3. The predicted octanol–water partition coefficient (Wildman–Crippen LogP) is 2.70. The zero-order valence-electron chi connectivity index (χ0n) is 16.6. The number of ether oxygens (including phenoxy) is 1. The molecule has 2 aromatic rings. The molecular formula is C21H28N4O3. The molecule has 7 nitrogen and oxygen atoms in total. The Morgan fingerprint density at radius 2 is 1.82 bits per heavy atom. The molecule has 7 heteroatoms. The van der Waals surface area contributed by atoms with Gasteiger partial charge in [-0.05, 0) is 50.8 Å². The van der Waals surface area contributed by atoms with Gasteiger partial charge < -0.3 is 25.6 Å². The summed E-state index contributed by atoms with van der Waals surface area (Å²) in [6, 6.07) is 14.1. The van der Waals surface area contributed by atoms with Crippen LogP contribution >= 0.6 is 0 Å². The number of rotatable bonds is 9. The summed E-state index contributed by atoms with van der Waals surface area (Å²) in [4.78, 5) is 26.4. The van der Waals surface area contributed by atoms with E-state index >= 15 is 0 Å². The van der Waals surface area contributed by atoms with Gasteiger partial charge in [-0.1, -0.05) is 24.3 Å². The second kappa shape index (κ2) is 10.9. The number of hydrogen-bond acceptors (Lipinski definition) is 4. The van der Waals surface area contributed by atoms with Crippen molar-refractivity contribution in [3.8, 4) is 5.75 Å². The van der Waals surface area contributed by atoms with Gasteiger partial charge in [-0.25, -0.2) is 4.79 Å². The maximum atomic E-state index is 12.2. The van der Waals surface area contributed by atoms with E-state index in [1.54, 1.807) is 30.3 Å². The molecular weight excluding hydrogens is 356 g/mol. The third-order valence-electron chi connectivity index (χ3n) is 3.92. The normalized spacial score (nSPS) is 10.4. The van der Waals surface area contributed by atoms with E-state index in [0.717, 1.165) is 12.1 Å². The van der Waals surface area contributed by atoms with Crippen LogP contribution in [0.4, 0.5) is 10.5 Å². The Morgan fingerprint density at radius 1 is 1.04 bits per heavy atom. The molecule has 28 heavy (non-hydrogen) atoms. The molecule has 0 unspecified atom stereocenters. The van der Waals surface area contributed by atoms with Gasteiger partial charge in [-0.2, -0.15) is 0 Å². The molecule has 0 saturated heterocycles.